The van der Waals surface area contributed by atoms with Crippen LogP contribution in [0.5, 0.6) is 0 Å². The van der Waals surface area contributed by atoms with Crippen molar-refractivity contribution in [2.45, 2.75) is 66.2 Å². The van der Waals surface area contributed by atoms with Gasteiger partial charge in [0, 0.05) is 37.4 Å². The summed E-state index contributed by atoms with van der Waals surface area (Å²) in [6.07, 6.45) is 19.5. The van der Waals surface area contributed by atoms with Gasteiger partial charge < -0.3 is 10.2 Å². The zero-order chi connectivity index (χ0) is 31.0. The normalized spacial score (nSPS) is 14.9. The molecule has 1 aliphatic rings. The Morgan fingerprint density at radius 1 is 1.21 bits per heavy atom. The first-order valence-corrected chi connectivity index (χ1v) is 16.9. The topological polar surface area (TPSA) is 61.8 Å². The van der Waals surface area contributed by atoms with E-state index in [-0.39, 0.29) is 17.4 Å². The summed E-state index contributed by atoms with van der Waals surface area (Å²) in [4.78, 5) is 6.66. The third-order valence-corrected chi connectivity index (χ3v) is 7.94. The first-order valence-electron chi connectivity index (χ1n) is 14.8. The molecule has 7 heteroatoms. The van der Waals surface area contributed by atoms with Crippen molar-refractivity contribution in [2.24, 2.45) is 10.9 Å². The monoisotopic (exact) mass is 593 g/mol. The molecule has 0 saturated heterocycles. The first kappa shape index (κ1) is 34.8. The quantitative estimate of drug-likeness (QED) is 0.0857. The summed E-state index contributed by atoms with van der Waals surface area (Å²) in [6.45, 7) is 13.0. The molecule has 1 heterocycles. The molecular weight excluding hydrogens is 545 g/mol. The highest BCUT2D eigenvalue weighted by atomic mass is 32.2. The maximum Gasteiger partial charge on any atom is 0.180 e. The Kier molecular flexibility index (Phi) is 15.1. The number of nitrogens with one attached hydrogen (secondary N) is 1. The standard InChI is InChI=1S/C35H48FN3O2S/c1-7-15-30(20-19-28(5)27-42(6,40)41)26-38-33(16-8-2)34(36)35(37-10-4)31(9-3)22-21-29-17-14-18-32(25-29)39-23-12-11-13-24-39/h8-14,17-18,23,25,30,38H,5,7,15,19-22,24,26-27H2,1-4,6H3/b31-9-,35-34+,37-10?. The Bertz CT molecular complexity index is 1380. The molecular formula is C35H48FN3O2S. The minimum Gasteiger partial charge on any atom is -0.376 e. The zero-order valence-electron chi connectivity index (χ0n) is 26.0. The molecule has 0 aliphatic carbocycles. The van der Waals surface area contributed by atoms with Gasteiger partial charge in [-0.15, -0.1) is 0 Å². The summed E-state index contributed by atoms with van der Waals surface area (Å²) in [7, 11) is -3.10. The van der Waals surface area contributed by atoms with Crippen LogP contribution in [0, 0.1) is 5.92 Å². The number of sulfone groups is 1. The van der Waals surface area contributed by atoms with Crippen molar-refractivity contribution in [3.63, 3.8) is 0 Å². The molecule has 0 radical (unpaired) electrons. The Balaban J connectivity index is 2.19. The number of hydrogen-bond acceptors (Lipinski definition) is 5. The number of anilines is 1. The smallest absolute Gasteiger partial charge is 0.180 e. The van der Waals surface area contributed by atoms with Crippen LogP contribution in [-0.4, -0.2) is 39.7 Å². The molecule has 0 bridgehead atoms. The van der Waals surface area contributed by atoms with E-state index in [0.717, 1.165) is 43.5 Å². The highest BCUT2D eigenvalue weighted by molar-refractivity contribution is 7.90. The van der Waals surface area contributed by atoms with Crippen LogP contribution in [-0.2, 0) is 16.3 Å². The lowest BCUT2D eigenvalue weighted by atomic mass is 9.95. The number of rotatable bonds is 17. The minimum absolute atomic E-state index is 0.00180. The molecule has 0 spiro atoms. The molecule has 1 aromatic rings. The van der Waals surface area contributed by atoms with E-state index in [4.69, 9.17) is 0 Å². The van der Waals surface area contributed by atoms with Crippen LogP contribution in [0.4, 0.5) is 10.1 Å². The predicted molar refractivity (Wildman–Crippen MR) is 178 cm³/mol. The number of nitrogens with zero attached hydrogens (tertiary/aromatic N) is 2. The Morgan fingerprint density at radius 2 is 2.00 bits per heavy atom. The van der Waals surface area contributed by atoms with E-state index in [1.54, 1.807) is 19.2 Å². The summed E-state index contributed by atoms with van der Waals surface area (Å²) in [5.41, 5.74) is 7.48. The number of aryl methyl sites for hydroxylation is 1. The lowest BCUT2D eigenvalue weighted by molar-refractivity contribution is 0.426. The number of allylic oxidation sites excluding steroid dienone is 5. The van der Waals surface area contributed by atoms with Crippen LogP contribution >= 0.6 is 0 Å². The lowest BCUT2D eigenvalue weighted by Crippen LogP contribution is -2.23. The molecule has 2 rings (SSSR count). The van der Waals surface area contributed by atoms with Crippen LogP contribution in [0.3, 0.4) is 0 Å². The van der Waals surface area contributed by atoms with Gasteiger partial charge in [-0.2, -0.15) is 0 Å². The van der Waals surface area contributed by atoms with Gasteiger partial charge in [0.25, 0.3) is 0 Å². The summed E-state index contributed by atoms with van der Waals surface area (Å²) in [5.74, 6) is -0.193. The first-order chi connectivity index (χ1) is 20.1. The van der Waals surface area contributed by atoms with Gasteiger partial charge in [0.15, 0.2) is 15.7 Å². The van der Waals surface area contributed by atoms with Crippen LogP contribution in [0.1, 0.15) is 65.4 Å². The van der Waals surface area contributed by atoms with Crippen LogP contribution < -0.4 is 10.2 Å². The van der Waals surface area contributed by atoms with Crippen molar-refractivity contribution in [1.29, 1.82) is 0 Å². The van der Waals surface area contributed by atoms with E-state index in [2.05, 4.69) is 71.0 Å². The van der Waals surface area contributed by atoms with Crippen molar-refractivity contribution < 1.29 is 12.8 Å². The van der Waals surface area contributed by atoms with Gasteiger partial charge in [-0.05, 0) is 94.2 Å². The minimum atomic E-state index is -3.10. The molecule has 1 aliphatic heterocycles. The molecule has 0 amide bonds. The molecule has 1 aromatic carbocycles. The second-order valence-electron chi connectivity index (χ2n) is 10.7. The fourth-order valence-electron chi connectivity index (χ4n) is 4.95. The molecule has 0 fully saturated rings. The number of benzene rings is 1. The molecule has 5 nitrogen and oxygen atoms in total. The van der Waals surface area contributed by atoms with Crippen molar-refractivity contribution in [3.8, 4) is 0 Å². The van der Waals surface area contributed by atoms with Gasteiger partial charge in [-0.3, -0.25) is 4.99 Å². The van der Waals surface area contributed by atoms with Gasteiger partial charge in [0.2, 0.25) is 0 Å². The maximum absolute atomic E-state index is 16.2. The van der Waals surface area contributed by atoms with Crippen LogP contribution in [0.15, 0.2) is 107 Å². The highest BCUT2D eigenvalue weighted by Crippen LogP contribution is 2.27. The molecule has 228 valence electrons. The van der Waals surface area contributed by atoms with E-state index in [1.807, 2.05) is 32.1 Å². The number of hydrogen-bond donors (Lipinski definition) is 1. The van der Waals surface area contributed by atoms with E-state index in [0.29, 0.717) is 30.7 Å². The van der Waals surface area contributed by atoms with Gasteiger partial charge in [-0.25, -0.2) is 12.8 Å². The maximum atomic E-state index is 16.2. The SMILES string of the molecule is C=C(CCC(CCC)CNC(=C=CC)/C(F)=C(N=CC)/C(=C\C)CCc1cccc(N2C=CC=CC2)c1)CS(C)(=O)=O. The Labute approximate surface area is 253 Å². The highest BCUT2D eigenvalue weighted by Gasteiger charge is 2.18. The van der Waals surface area contributed by atoms with Crippen molar-refractivity contribution >= 4 is 21.7 Å². The molecule has 1 atom stereocenters. The third kappa shape index (κ3) is 12.2. The van der Waals surface area contributed by atoms with Gasteiger partial charge in [-0.1, -0.05) is 61.6 Å². The lowest BCUT2D eigenvalue weighted by Gasteiger charge is -2.21. The summed E-state index contributed by atoms with van der Waals surface area (Å²) >= 11 is 0. The molecule has 42 heavy (non-hydrogen) atoms. The average Bonchev–Trinajstić information content (AvgIpc) is 2.97. The second kappa shape index (κ2) is 18.2. The second-order valence-corrected chi connectivity index (χ2v) is 12.8. The molecule has 0 aromatic heterocycles. The summed E-state index contributed by atoms with van der Waals surface area (Å²) < 4.78 is 39.4. The van der Waals surface area contributed by atoms with Crippen molar-refractivity contribution in [2.75, 3.05) is 30.0 Å². The zero-order valence-corrected chi connectivity index (χ0v) is 26.8. The van der Waals surface area contributed by atoms with Crippen molar-refractivity contribution in [1.82, 2.24) is 5.32 Å². The van der Waals surface area contributed by atoms with Gasteiger partial charge in [0.05, 0.1) is 5.75 Å². The van der Waals surface area contributed by atoms with Gasteiger partial charge in [0.1, 0.15) is 11.4 Å². The van der Waals surface area contributed by atoms with E-state index >= 15 is 4.39 Å². The molecule has 1 N–H and O–H groups in total. The predicted octanol–water partition coefficient (Wildman–Crippen LogP) is 8.17. The van der Waals surface area contributed by atoms with Crippen LogP contribution in [0.25, 0.3) is 0 Å². The third-order valence-electron chi connectivity index (χ3n) is 7.00. The van der Waals surface area contributed by atoms with Gasteiger partial charge >= 0.3 is 0 Å². The Morgan fingerprint density at radius 3 is 2.62 bits per heavy atom. The largest absolute Gasteiger partial charge is 0.376 e. The van der Waals surface area contributed by atoms with E-state index < -0.39 is 15.7 Å². The fourth-order valence-corrected chi connectivity index (χ4v) is 5.83. The van der Waals surface area contributed by atoms with Crippen LogP contribution in [0.2, 0.25) is 0 Å². The number of halogens is 1. The molecule has 0 saturated carbocycles. The number of aliphatic imine (C=N–C) groups is 1. The summed E-state index contributed by atoms with van der Waals surface area (Å²) in [6, 6.07) is 8.45. The Hall–Kier alpha value is -3.41. The van der Waals surface area contributed by atoms with E-state index in [1.165, 1.54) is 11.8 Å². The fraction of sp³-hybridized carbons (Fsp3) is 0.429. The molecule has 1 unspecified atom stereocenters. The van der Waals surface area contributed by atoms with Crippen molar-refractivity contribution in [3.05, 3.63) is 107 Å². The van der Waals surface area contributed by atoms with E-state index in [9.17, 15) is 8.42 Å². The summed E-state index contributed by atoms with van der Waals surface area (Å²) in [5, 5.41) is 3.29. The average molecular weight is 594 g/mol.